The van der Waals surface area contributed by atoms with Crippen LogP contribution in [0.25, 0.3) is 0 Å². The van der Waals surface area contributed by atoms with E-state index in [-0.39, 0.29) is 6.17 Å². The average molecular weight is 208 g/mol. The quantitative estimate of drug-likeness (QED) is 0.730. The van der Waals surface area contributed by atoms with Crippen molar-refractivity contribution in [2.45, 2.75) is 32.2 Å². The van der Waals surface area contributed by atoms with E-state index in [2.05, 4.69) is 17.6 Å². The van der Waals surface area contributed by atoms with Crippen molar-refractivity contribution in [3.63, 3.8) is 0 Å². The summed E-state index contributed by atoms with van der Waals surface area (Å²) in [5.41, 5.74) is 1.04. The van der Waals surface area contributed by atoms with Crippen LogP contribution in [0.5, 0.6) is 0 Å². The second-order valence-electron chi connectivity index (χ2n) is 4.18. The SMILES string of the molecule is CC1CCC(F)NC1Nc1ccccc1. The van der Waals surface area contributed by atoms with E-state index in [1.54, 1.807) is 0 Å². The maximum absolute atomic E-state index is 13.2. The number of hydrogen-bond acceptors (Lipinski definition) is 2. The second-order valence-corrected chi connectivity index (χ2v) is 4.18. The fourth-order valence-electron chi connectivity index (χ4n) is 1.92. The minimum atomic E-state index is -0.873. The molecule has 0 saturated carbocycles. The summed E-state index contributed by atoms with van der Waals surface area (Å²) in [6.45, 7) is 2.14. The fraction of sp³-hybridized carbons (Fsp3) is 0.500. The maximum atomic E-state index is 13.2. The van der Waals surface area contributed by atoms with Crippen LogP contribution in [-0.4, -0.2) is 12.5 Å². The lowest BCUT2D eigenvalue weighted by Gasteiger charge is -2.33. The molecule has 3 heteroatoms. The Kier molecular flexibility index (Phi) is 3.21. The van der Waals surface area contributed by atoms with Gasteiger partial charge in [0, 0.05) is 5.69 Å². The molecule has 2 nitrogen and oxygen atoms in total. The Morgan fingerprint density at radius 2 is 2.00 bits per heavy atom. The number of piperidine rings is 1. The molecule has 0 aromatic heterocycles. The topological polar surface area (TPSA) is 24.1 Å². The van der Waals surface area contributed by atoms with Crippen molar-refractivity contribution in [3.05, 3.63) is 30.3 Å². The van der Waals surface area contributed by atoms with Crippen LogP contribution < -0.4 is 10.6 Å². The van der Waals surface area contributed by atoms with Crippen molar-refractivity contribution in [1.82, 2.24) is 5.32 Å². The minimum Gasteiger partial charge on any atom is -0.370 e. The molecule has 1 fully saturated rings. The molecule has 1 aliphatic heterocycles. The van der Waals surface area contributed by atoms with Gasteiger partial charge in [0.05, 0.1) is 6.17 Å². The van der Waals surface area contributed by atoms with Crippen LogP contribution in [0.3, 0.4) is 0 Å². The van der Waals surface area contributed by atoms with Gasteiger partial charge in [-0.1, -0.05) is 25.1 Å². The predicted molar refractivity (Wildman–Crippen MR) is 60.3 cm³/mol. The molecule has 1 heterocycles. The third-order valence-electron chi connectivity index (χ3n) is 2.90. The van der Waals surface area contributed by atoms with Crippen molar-refractivity contribution in [2.24, 2.45) is 5.92 Å². The third-order valence-corrected chi connectivity index (χ3v) is 2.90. The minimum absolute atomic E-state index is 0.0381. The van der Waals surface area contributed by atoms with Gasteiger partial charge in [-0.15, -0.1) is 0 Å². The van der Waals surface area contributed by atoms with Gasteiger partial charge in [0.15, 0.2) is 6.30 Å². The summed E-state index contributed by atoms with van der Waals surface area (Å²) in [5.74, 6) is 0.456. The van der Waals surface area contributed by atoms with Gasteiger partial charge in [0.25, 0.3) is 0 Å². The van der Waals surface area contributed by atoms with Crippen molar-refractivity contribution in [1.29, 1.82) is 0 Å². The molecular weight excluding hydrogens is 191 g/mol. The first-order valence-electron chi connectivity index (χ1n) is 5.47. The van der Waals surface area contributed by atoms with Gasteiger partial charge in [0.1, 0.15) is 0 Å². The van der Waals surface area contributed by atoms with Gasteiger partial charge in [-0.2, -0.15) is 0 Å². The van der Waals surface area contributed by atoms with E-state index in [1.807, 2.05) is 30.3 Å². The lowest BCUT2D eigenvalue weighted by molar-refractivity contribution is 0.158. The van der Waals surface area contributed by atoms with Gasteiger partial charge in [-0.05, 0) is 30.9 Å². The Bertz CT molecular complexity index is 302. The number of hydrogen-bond donors (Lipinski definition) is 2. The zero-order chi connectivity index (χ0) is 10.7. The number of anilines is 1. The number of rotatable bonds is 2. The summed E-state index contributed by atoms with van der Waals surface area (Å²) in [6, 6.07) is 9.92. The molecule has 0 bridgehead atoms. The second kappa shape index (κ2) is 4.62. The zero-order valence-corrected chi connectivity index (χ0v) is 8.91. The molecule has 1 aromatic carbocycles. The molecule has 0 spiro atoms. The Labute approximate surface area is 89.9 Å². The molecule has 2 N–H and O–H groups in total. The maximum Gasteiger partial charge on any atom is 0.152 e. The highest BCUT2D eigenvalue weighted by Crippen LogP contribution is 2.21. The van der Waals surface area contributed by atoms with Crippen molar-refractivity contribution < 1.29 is 4.39 Å². The van der Waals surface area contributed by atoms with E-state index in [9.17, 15) is 4.39 Å². The van der Waals surface area contributed by atoms with Crippen LogP contribution in [-0.2, 0) is 0 Å². The molecule has 2 rings (SSSR count). The van der Waals surface area contributed by atoms with Crippen molar-refractivity contribution in [3.8, 4) is 0 Å². The van der Waals surface area contributed by atoms with E-state index >= 15 is 0 Å². The fourth-order valence-corrected chi connectivity index (χ4v) is 1.92. The monoisotopic (exact) mass is 208 g/mol. The van der Waals surface area contributed by atoms with Crippen LogP contribution >= 0.6 is 0 Å². The van der Waals surface area contributed by atoms with Crippen LogP contribution in [0.1, 0.15) is 19.8 Å². The Morgan fingerprint density at radius 3 is 2.73 bits per heavy atom. The van der Waals surface area contributed by atoms with E-state index < -0.39 is 6.30 Å². The van der Waals surface area contributed by atoms with E-state index in [4.69, 9.17) is 0 Å². The van der Waals surface area contributed by atoms with Gasteiger partial charge in [0.2, 0.25) is 0 Å². The van der Waals surface area contributed by atoms with Gasteiger partial charge < -0.3 is 5.32 Å². The molecule has 1 aliphatic rings. The number of para-hydroxylation sites is 1. The van der Waals surface area contributed by atoms with Gasteiger partial charge in [-0.3, -0.25) is 5.32 Å². The number of nitrogens with one attached hydrogen (secondary N) is 2. The van der Waals surface area contributed by atoms with E-state index in [0.29, 0.717) is 12.3 Å². The molecule has 0 amide bonds. The predicted octanol–water partition coefficient (Wildman–Crippen LogP) is 2.74. The number of alkyl halides is 1. The average Bonchev–Trinajstić information content (AvgIpc) is 2.25. The summed E-state index contributed by atoms with van der Waals surface area (Å²) in [6.07, 6.45) is 0.714. The van der Waals surface area contributed by atoms with Gasteiger partial charge in [-0.25, -0.2) is 4.39 Å². The van der Waals surface area contributed by atoms with E-state index in [1.165, 1.54) is 0 Å². The normalized spacial score (nSPS) is 31.2. The zero-order valence-electron chi connectivity index (χ0n) is 8.91. The molecule has 1 saturated heterocycles. The van der Waals surface area contributed by atoms with Crippen LogP contribution in [0.4, 0.5) is 10.1 Å². The van der Waals surface area contributed by atoms with Gasteiger partial charge >= 0.3 is 0 Å². The highest BCUT2D eigenvalue weighted by Gasteiger charge is 2.26. The molecule has 0 aliphatic carbocycles. The van der Waals surface area contributed by atoms with Crippen molar-refractivity contribution in [2.75, 3.05) is 5.32 Å². The van der Waals surface area contributed by atoms with Crippen LogP contribution in [0.15, 0.2) is 30.3 Å². The Morgan fingerprint density at radius 1 is 1.27 bits per heavy atom. The van der Waals surface area contributed by atoms with Crippen LogP contribution in [0.2, 0.25) is 0 Å². The largest absolute Gasteiger partial charge is 0.370 e. The molecule has 82 valence electrons. The molecule has 15 heavy (non-hydrogen) atoms. The first-order chi connectivity index (χ1) is 7.25. The Hall–Kier alpha value is -1.09. The summed E-state index contributed by atoms with van der Waals surface area (Å²) in [7, 11) is 0. The Balaban J connectivity index is 1.98. The highest BCUT2D eigenvalue weighted by atomic mass is 19.1. The molecule has 1 aromatic rings. The lowest BCUT2D eigenvalue weighted by atomic mass is 9.97. The summed E-state index contributed by atoms with van der Waals surface area (Å²) in [4.78, 5) is 0. The van der Waals surface area contributed by atoms with Crippen molar-refractivity contribution >= 4 is 5.69 Å². The summed E-state index contributed by atoms with van der Waals surface area (Å²) >= 11 is 0. The summed E-state index contributed by atoms with van der Waals surface area (Å²) in [5, 5.41) is 6.25. The third kappa shape index (κ3) is 2.69. The summed E-state index contributed by atoms with van der Waals surface area (Å²) < 4.78 is 13.2. The molecule has 3 unspecified atom stereocenters. The highest BCUT2D eigenvalue weighted by molar-refractivity contribution is 5.43. The van der Waals surface area contributed by atoms with Crippen LogP contribution in [0, 0.1) is 5.92 Å². The van der Waals surface area contributed by atoms with E-state index in [0.717, 1.165) is 12.1 Å². The number of halogens is 1. The smallest absolute Gasteiger partial charge is 0.152 e. The molecule has 3 atom stereocenters. The lowest BCUT2D eigenvalue weighted by Crippen LogP contribution is -2.49. The first-order valence-corrected chi connectivity index (χ1v) is 5.47. The molecular formula is C12H17FN2. The standard InChI is InChI=1S/C12H17FN2/c1-9-7-8-11(13)15-12(9)14-10-5-3-2-4-6-10/h2-6,9,11-12,14-15H,7-8H2,1H3. The first kappa shape index (κ1) is 10.4. The molecule has 0 radical (unpaired) electrons. The number of benzene rings is 1.